The van der Waals surface area contributed by atoms with Crippen LogP contribution in [0.25, 0.3) is 0 Å². The number of hydrogen-bond donors (Lipinski definition) is 3. The lowest BCUT2D eigenvalue weighted by Gasteiger charge is -2.11. The van der Waals surface area contributed by atoms with Gasteiger partial charge in [-0.1, -0.05) is 25.1 Å². The van der Waals surface area contributed by atoms with Crippen molar-refractivity contribution in [3.05, 3.63) is 69.8 Å². The van der Waals surface area contributed by atoms with Crippen LogP contribution in [-0.4, -0.2) is 28.4 Å². The Balaban J connectivity index is 2.05. The van der Waals surface area contributed by atoms with Gasteiger partial charge >= 0.3 is 0 Å². The number of benzene rings is 2. The molecule has 0 aliphatic carbocycles. The average Bonchev–Trinajstić information content (AvgIpc) is 2.66. The Morgan fingerprint density at radius 1 is 1.11 bits per heavy atom. The number of rotatable bonds is 6. The number of amides is 2. The van der Waals surface area contributed by atoms with Crippen molar-refractivity contribution in [1.29, 1.82) is 0 Å². The molecule has 2 aromatic rings. The van der Waals surface area contributed by atoms with E-state index in [-0.39, 0.29) is 22.3 Å². The molecule has 0 saturated carbocycles. The summed E-state index contributed by atoms with van der Waals surface area (Å²) in [5.41, 5.74) is 0.542. The zero-order valence-electron chi connectivity index (χ0n) is 14.5. The molecular weight excluding hydrogens is 368 g/mol. The fraction of sp³-hybridized carbons (Fsp3) is 0.167. The van der Waals surface area contributed by atoms with Gasteiger partial charge in [0.15, 0.2) is 5.11 Å². The second-order valence-electron chi connectivity index (χ2n) is 5.52. The Morgan fingerprint density at radius 3 is 2.56 bits per heavy atom. The molecule has 0 saturated heterocycles. The van der Waals surface area contributed by atoms with E-state index in [4.69, 9.17) is 12.2 Å². The fourth-order valence-corrected chi connectivity index (χ4v) is 2.45. The summed E-state index contributed by atoms with van der Waals surface area (Å²) in [6.07, 6.45) is 0.825. The van der Waals surface area contributed by atoms with Gasteiger partial charge in [-0.25, -0.2) is 0 Å². The quantitative estimate of drug-likeness (QED) is 0.400. The molecule has 3 N–H and O–H groups in total. The van der Waals surface area contributed by atoms with Gasteiger partial charge in [0.25, 0.3) is 17.5 Å². The molecule has 0 spiro atoms. The predicted octanol–water partition coefficient (Wildman–Crippen LogP) is 2.86. The summed E-state index contributed by atoms with van der Waals surface area (Å²) in [5.74, 6) is -0.910. The first-order valence-electron chi connectivity index (χ1n) is 8.16. The maximum Gasteiger partial charge on any atom is 0.282 e. The van der Waals surface area contributed by atoms with Crippen molar-refractivity contribution in [2.24, 2.45) is 0 Å². The third-order valence-electron chi connectivity index (χ3n) is 3.49. The van der Waals surface area contributed by atoms with Crippen LogP contribution in [0.1, 0.15) is 34.1 Å². The summed E-state index contributed by atoms with van der Waals surface area (Å²) < 4.78 is 0. The van der Waals surface area contributed by atoms with E-state index in [0.717, 1.165) is 6.42 Å². The lowest BCUT2D eigenvalue weighted by molar-refractivity contribution is -0.385. The number of carbonyl (C=O) groups is 2. The van der Waals surface area contributed by atoms with Crippen molar-refractivity contribution in [3.63, 3.8) is 0 Å². The number of nitrogens with zero attached hydrogens (tertiary/aromatic N) is 1. The Kier molecular flexibility index (Phi) is 6.95. The smallest absolute Gasteiger partial charge is 0.282 e. The van der Waals surface area contributed by atoms with Gasteiger partial charge in [0, 0.05) is 23.9 Å². The molecule has 0 unspecified atom stereocenters. The van der Waals surface area contributed by atoms with Gasteiger partial charge in [0.05, 0.1) is 4.92 Å². The first-order chi connectivity index (χ1) is 12.9. The molecule has 0 heterocycles. The molecule has 0 bridgehead atoms. The van der Waals surface area contributed by atoms with Crippen LogP contribution in [0.15, 0.2) is 48.5 Å². The van der Waals surface area contributed by atoms with Gasteiger partial charge in [-0.3, -0.25) is 25.0 Å². The van der Waals surface area contributed by atoms with Crippen LogP contribution in [0.3, 0.4) is 0 Å². The molecule has 0 atom stereocenters. The van der Waals surface area contributed by atoms with E-state index in [1.54, 1.807) is 24.3 Å². The highest BCUT2D eigenvalue weighted by Gasteiger charge is 2.19. The van der Waals surface area contributed by atoms with Crippen LogP contribution in [0.5, 0.6) is 0 Å². The van der Waals surface area contributed by atoms with Gasteiger partial charge < -0.3 is 10.6 Å². The lowest BCUT2D eigenvalue weighted by Crippen LogP contribution is -2.34. The molecule has 8 nitrogen and oxygen atoms in total. The van der Waals surface area contributed by atoms with Crippen molar-refractivity contribution in [1.82, 2.24) is 10.6 Å². The predicted molar refractivity (Wildman–Crippen MR) is 106 cm³/mol. The molecule has 140 valence electrons. The van der Waals surface area contributed by atoms with Gasteiger partial charge in [0.2, 0.25) is 0 Å². The van der Waals surface area contributed by atoms with Crippen molar-refractivity contribution >= 4 is 40.5 Å². The number of hydrogen-bond acceptors (Lipinski definition) is 5. The van der Waals surface area contributed by atoms with Crippen LogP contribution >= 0.6 is 12.2 Å². The van der Waals surface area contributed by atoms with Crippen LogP contribution in [-0.2, 0) is 0 Å². The third kappa shape index (κ3) is 5.58. The second-order valence-corrected chi connectivity index (χ2v) is 5.93. The van der Waals surface area contributed by atoms with Gasteiger partial charge in [-0.15, -0.1) is 0 Å². The van der Waals surface area contributed by atoms with Crippen molar-refractivity contribution in [2.75, 3.05) is 11.9 Å². The minimum Gasteiger partial charge on any atom is -0.352 e. The normalized spacial score (nSPS) is 9.96. The monoisotopic (exact) mass is 386 g/mol. The average molecular weight is 386 g/mol. The van der Waals surface area contributed by atoms with E-state index in [0.29, 0.717) is 17.8 Å². The standard InChI is InChI=1S/C18H18N4O4S/c1-2-10-19-16(23)12-6-5-7-13(11-12)20-18(27)21-17(24)14-8-3-4-9-15(14)22(25)26/h3-9,11H,2,10H2,1H3,(H,19,23)(H2,20,21,24,27). The third-order valence-corrected chi connectivity index (χ3v) is 3.69. The van der Waals surface area contributed by atoms with E-state index in [2.05, 4.69) is 16.0 Å². The number of anilines is 1. The largest absolute Gasteiger partial charge is 0.352 e. The van der Waals surface area contributed by atoms with Gasteiger partial charge in [0.1, 0.15) is 5.56 Å². The number of thiocarbonyl (C=S) groups is 1. The molecule has 0 aromatic heterocycles. The van der Waals surface area contributed by atoms with E-state index < -0.39 is 10.8 Å². The molecule has 0 aliphatic rings. The van der Waals surface area contributed by atoms with E-state index >= 15 is 0 Å². The highest BCUT2D eigenvalue weighted by molar-refractivity contribution is 7.80. The first kappa shape index (κ1) is 20.0. The van der Waals surface area contributed by atoms with Crippen molar-refractivity contribution < 1.29 is 14.5 Å². The Hall–Kier alpha value is -3.33. The van der Waals surface area contributed by atoms with Crippen LogP contribution in [0.4, 0.5) is 11.4 Å². The van der Waals surface area contributed by atoms with Crippen LogP contribution < -0.4 is 16.0 Å². The Morgan fingerprint density at radius 2 is 1.85 bits per heavy atom. The summed E-state index contributed by atoms with van der Waals surface area (Å²) >= 11 is 5.09. The van der Waals surface area contributed by atoms with Gasteiger partial charge in [-0.2, -0.15) is 0 Å². The number of nitro groups is 1. The fourth-order valence-electron chi connectivity index (χ4n) is 2.24. The van der Waals surface area contributed by atoms with E-state index in [1.165, 1.54) is 24.3 Å². The highest BCUT2D eigenvalue weighted by Crippen LogP contribution is 2.17. The first-order valence-corrected chi connectivity index (χ1v) is 8.57. The SMILES string of the molecule is CCCNC(=O)c1cccc(NC(=S)NC(=O)c2ccccc2[N+](=O)[O-])c1. The number of nitro benzene ring substituents is 1. The number of para-hydroxylation sites is 1. The zero-order valence-corrected chi connectivity index (χ0v) is 15.3. The zero-order chi connectivity index (χ0) is 19.8. The van der Waals surface area contributed by atoms with Crippen LogP contribution in [0.2, 0.25) is 0 Å². The number of nitrogens with one attached hydrogen (secondary N) is 3. The Labute approximate surface area is 161 Å². The maximum absolute atomic E-state index is 12.3. The van der Waals surface area contributed by atoms with Crippen molar-refractivity contribution in [3.8, 4) is 0 Å². The molecule has 2 aromatic carbocycles. The summed E-state index contributed by atoms with van der Waals surface area (Å²) in [7, 11) is 0. The van der Waals surface area contributed by atoms with E-state index in [1.807, 2.05) is 6.92 Å². The molecule has 9 heteroatoms. The molecule has 27 heavy (non-hydrogen) atoms. The van der Waals surface area contributed by atoms with Crippen LogP contribution in [0, 0.1) is 10.1 Å². The summed E-state index contributed by atoms with van der Waals surface area (Å²) in [5, 5.41) is 18.9. The topological polar surface area (TPSA) is 113 Å². The van der Waals surface area contributed by atoms with E-state index in [9.17, 15) is 19.7 Å². The molecule has 0 aliphatic heterocycles. The second kappa shape index (κ2) is 9.39. The molecular formula is C18H18N4O4S. The Bertz CT molecular complexity index is 885. The highest BCUT2D eigenvalue weighted by atomic mass is 32.1. The minimum atomic E-state index is -0.698. The summed E-state index contributed by atoms with van der Waals surface area (Å²) in [6, 6.07) is 12.2. The molecule has 2 amide bonds. The van der Waals surface area contributed by atoms with Crippen molar-refractivity contribution in [2.45, 2.75) is 13.3 Å². The number of carbonyl (C=O) groups excluding carboxylic acids is 2. The lowest BCUT2D eigenvalue weighted by atomic mass is 10.1. The minimum absolute atomic E-state index is 0.0377. The summed E-state index contributed by atoms with van der Waals surface area (Å²) in [6.45, 7) is 2.53. The summed E-state index contributed by atoms with van der Waals surface area (Å²) in [4.78, 5) is 34.6. The van der Waals surface area contributed by atoms with Gasteiger partial charge in [-0.05, 0) is 42.9 Å². The molecule has 2 rings (SSSR count). The maximum atomic E-state index is 12.3. The molecule has 0 radical (unpaired) electrons. The molecule has 0 fully saturated rings.